The minimum absolute atomic E-state index is 0.361. The fourth-order valence-corrected chi connectivity index (χ4v) is 1.95. The molecule has 0 saturated heterocycles. The highest BCUT2D eigenvalue weighted by Gasteiger charge is 2.46. The van der Waals surface area contributed by atoms with Gasteiger partial charge in [-0.3, -0.25) is 4.79 Å². The second-order valence-electron chi connectivity index (χ2n) is 3.87. The molecule has 1 aliphatic rings. The van der Waals surface area contributed by atoms with Crippen molar-refractivity contribution in [2.24, 2.45) is 0 Å². The molecule has 0 radical (unpaired) electrons. The summed E-state index contributed by atoms with van der Waals surface area (Å²) in [7, 11) is 0. The maximum atomic E-state index is 13.0. The summed E-state index contributed by atoms with van der Waals surface area (Å²) in [4.78, 5) is 11.1. The lowest BCUT2D eigenvalue weighted by atomic mass is 9.64. The van der Waals surface area contributed by atoms with Crippen LogP contribution in [0.25, 0.3) is 0 Å². The van der Waals surface area contributed by atoms with Gasteiger partial charge in [-0.1, -0.05) is 12.5 Å². The van der Waals surface area contributed by atoms with Crippen molar-refractivity contribution >= 4 is 5.97 Å². The van der Waals surface area contributed by atoms with Crippen molar-refractivity contribution in [2.75, 3.05) is 0 Å². The molecule has 2 rings (SSSR count). The summed E-state index contributed by atoms with van der Waals surface area (Å²) in [6, 6.07) is 3.32. The smallest absolute Gasteiger partial charge is 0.314 e. The molecule has 1 aliphatic carbocycles. The van der Waals surface area contributed by atoms with E-state index in [2.05, 4.69) is 0 Å². The Morgan fingerprint density at radius 2 is 1.93 bits per heavy atom. The van der Waals surface area contributed by atoms with Crippen LogP contribution in [0.2, 0.25) is 0 Å². The normalized spacial score (nSPS) is 18.3. The second-order valence-corrected chi connectivity index (χ2v) is 3.87. The Bertz CT molecular complexity index is 411. The summed E-state index contributed by atoms with van der Waals surface area (Å²) in [5.74, 6) is -2.89. The average molecular weight is 212 g/mol. The van der Waals surface area contributed by atoms with E-state index in [9.17, 15) is 13.6 Å². The van der Waals surface area contributed by atoms with Crippen molar-refractivity contribution in [1.82, 2.24) is 0 Å². The number of benzene rings is 1. The topological polar surface area (TPSA) is 37.3 Å². The van der Waals surface area contributed by atoms with Crippen LogP contribution in [-0.4, -0.2) is 11.1 Å². The van der Waals surface area contributed by atoms with Crippen LogP contribution >= 0.6 is 0 Å². The molecule has 0 aromatic heterocycles. The Kier molecular flexibility index (Phi) is 2.21. The van der Waals surface area contributed by atoms with Crippen LogP contribution in [0.4, 0.5) is 8.78 Å². The molecule has 1 fully saturated rings. The van der Waals surface area contributed by atoms with Crippen molar-refractivity contribution in [3.05, 3.63) is 35.4 Å². The third-order valence-electron chi connectivity index (χ3n) is 3.09. The number of rotatable bonds is 2. The summed E-state index contributed by atoms with van der Waals surface area (Å²) >= 11 is 0. The Labute approximate surface area is 85.5 Å². The highest BCUT2D eigenvalue weighted by molar-refractivity contribution is 5.82. The van der Waals surface area contributed by atoms with E-state index in [0.717, 1.165) is 18.6 Å². The molecule has 1 saturated carbocycles. The molecule has 0 spiro atoms. The molecule has 80 valence electrons. The van der Waals surface area contributed by atoms with Crippen LogP contribution in [0.5, 0.6) is 0 Å². The highest BCUT2D eigenvalue weighted by atomic mass is 19.2. The van der Waals surface area contributed by atoms with Crippen LogP contribution in [0.3, 0.4) is 0 Å². The predicted molar refractivity (Wildman–Crippen MR) is 49.5 cm³/mol. The van der Waals surface area contributed by atoms with E-state index >= 15 is 0 Å². The predicted octanol–water partition coefficient (Wildman–Crippen LogP) is 2.47. The minimum atomic E-state index is -0.992. The molecule has 15 heavy (non-hydrogen) atoms. The number of carboxylic acids is 1. The third kappa shape index (κ3) is 1.40. The Balaban J connectivity index is 2.44. The number of aliphatic carboxylic acids is 1. The Morgan fingerprint density at radius 3 is 2.33 bits per heavy atom. The molecule has 1 aromatic carbocycles. The average Bonchev–Trinajstić information content (AvgIpc) is 2.08. The molecule has 2 nitrogen and oxygen atoms in total. The lowest BCUT2D eigenvalue weighted by Gasteiger charge is -2.38. The second kappa shape index (κ2) is 3.29. The first kappa shape index (κ1) is 10.1. The number of carboxylic acid groups (broad SMARTS) is 1. The fraction of sp³-hybridized carbons (Fsp3) is 0.364. The standard InChI is InChI=1S/C11H10F2O2/c12-8-3-2-7(6-9(8)13)11(10(14)15)4-1-5-11/h2-3,6H,1,4-5H2,(H,14,15). The van der Waals surface area contributed by atoms with Gasteiger partial charge >= 0.3 is 5.97 Å². The monoisotopic (exact) mass is 212 g/mol. The fourth-order valence-electron chi connectivity index (χ4n) is 1.95. The molecule has 0 aliphatic heterocycles. The van der Waals surface area contributed by atoms with E-state index in [1.165, 1.54) is 6.07 Å². The molecule has 0 amide bonds. The van der Waals surface area contributed by atoms with Gasteiger partial charge < -0.3 is 5.11 Å². The van der Waals surface area contributed by atoms with Crippen molar-refractivity contribution in [1.29, 1.82) is 0 Å². The molecule has 0 bridgehead atoms. The number of hydrogen-bond donors (Lipinski definition) is 1. The van der Waals surface area contributed by atoms with Gasteiger partial charge in [-0.25, -0.2) is 8.78 Å². The van der Waals surface area contributed by atoms with E-state index in [0.29, 0.717) is 18.4 Å². The van der Waals surface area contributed by atoms with Crippen LogP contribution in [0, 0.1) is 11.6 Å². The van der Waals surface area contributed by atoms with E-state index in [1.54, 1.807) is 0 Å². The molecule has 0 atom stereocenters. The van der Waals surface area contributed by atoms with Gasteiger partial charge in [-0.15, -0.1) is 0 Å². The molecule has 1 N–H and O–H groups in total. The summed E-state index contributed by atoms with van der Waals surface area (Å²) in [5, 5.41) is 9.08. The number of carbonyl (C=O) groups is 1. The van der Waals surface area contributed by atoms with E-state index < -0.39 is 23.0 Å². The van der Waals surface area contributed by atoms with Gasteiger partial charge in [0.25, 0.3) is 0 Å². The van der Waals surface area contributed by atoms with Crippen molar-refractivity contribution < 1.29 is 18.7 Å². The maximum absolute atomic E-state index is 13.0. The van der Waals surface area contributed by atoms with Crippen LogP contribution in [-0.2, 0) is 10.2 Å². The Hall–Kier alpha value is -1.45. The SMILES string of the molecule is O=C(O)C1(c2ccc(F)c(F)c2)CCC1. The lowest BCUT2D eigenvalue weighted by molar-refractivity contribution is -0.147. The van der Waals surface area contributed by atoms with Crippen molar-refractivity contribution in [2.45, 2.75) is 24.7 Å². The largest absolute Gasteiger partial charge is 0.481 e. The Morgan fingerprint density at radius 1 is 1.27 bits per heavy atom. The quantitative estimate of drug-likeness (QED) is 0.817. The van der Waals surface area contributed by atoms with E-state index in [-0.39, 0.29) is 0 Å². The van der Waals surface area contributed by atoms with Crippen molar-refractivity contribution in [3.8, 4) is 0 Å². The van der Waals surface area contributed by atoms with Crippen LogP contribution in [0.15, 0.2) is 18.2 Å². The molecule has 0 heterocycles. The molecule has 0 unspecified atom stereocenters. The van der Waals surface area contributed by atoms with Gasteiger partial charge in [0.05, 0.1) is 5.41 Å². The first-order chi connectivity index (χ1) is 7.06. The van der Waals surface area contributed by atoms with E-state index in [4.69, 9.17) is 5.11 Å². The number of hydrogen-bond acceptors (Lipinski definition) is 1. The molecule has 4 heteroatoms. The summed E-state index contributed by atoms with van der Waals surface area (Å²) in [5.41, 5.74) is -0.630. The zero-order valence-electron chi connectivity index (χ0n) is 7.96. The molecular formula is C11H10F2O2. The summed E-state index contributed by atoms with van der Waals surface area (Å²) in [6.07, 6.45) is 1.80. The zero-order valence-corrected chi connectivity index (χ0v) is 7.96. The molecular weight excluding hydrogens is 202 g/mol. The zero-order chi connectivity index (χ0) is 11.1. The van der Waals surface area contributed by atoms with Gasteiger partial charge in [-0.05, 0) is 30.5 Å². The first-order valence-corrected chi connectivity index (χ1v) is 4.75. The maximum Gasteiger partial charge on any atom is 0.314 e. The van der Waals surface area contributed by atoms with Gasteiger partial charge in [0.1, 0.15) is 0 Å². The van der Waals surface area contributed by atoms with Crippen LogP contribution < -0.4 is 0 Å². The van der Waals surface area contributed by atoms with Gasteiger partial charge in [0.15, 0.2) is 11.6 Å². The van der Waals surface area contributed by atoms with Crippen molar-refractivity contribution in [3.63, 3.8) is 0 Å². The first-order valence-electron chi connectivity index (χ1n) is 4.75. The number of halogens is 2. The lowest BCUT2D eigenvalue weighted by Crippen LogP contribution is -2.42. The minimum Gasteiger partial charge on any atom is -0.481 e. The van der Waals surface area contributed by atoms with Crippen LogP contribution in [0.1, 0.15) is 24.8 Å². The third-order valence-corrected chi connectivity index (χ3v) is 3.09. The van der Waals surface area contributed by atoms with Gasteiger partial charge in [0.2, 0.25) is 0 Å². The highest BCUT2D eigenvalue weighted by Crippen LogP contribution is 2.44. The van der Waals surface area contributed by atoms with E-state index in [1.807, 2.05) is 0 Å². The summed E-state index contributed by atoms with van der Waals surface area (Å²) < 4.78 is 25.7. The molecule has 1 aromatic rings. The van der Waals surface area contributed by atoms with Gasteiger partial charge in [0, 0.05) is 0 Å². The van der Waals surface area contributed by atoms with Gasteiger partial charge in [-0.2, -0.15) is 0 Å². The summed E-state index contributed by atoms with van der Waals surface area (Å²) in [6.45, 7) is 0.